The molecular weight excluding hydrogens is 549 g/mol. The van der Waals surface area contributed by atoms with Crippen molar-refractivity contribution in [2.45, 2.75) is 58.5 Å². The number of aliphatic hydroxyl groups is 1. The van der Waals surface area contributed by atoms with Crippen LogP contribution in [0.15, 0.2) is 59.2 Å². The lowest BCUT2D eigenvalue weighted by atomic mass is 9.77. The number of aromatic nitrogens is 1. The number of hydrogen-bond donors (Lipinski definition) is 2. The number of carbonyl (C=O) groups excluding carboxylic acids is 2. The van der Waals surface area contributed by atoms with Crippen molar-refractivity contribution in [3.8, 4) is 0 Å². The summed E-state index contributed by atoms with van der Waals surface area (Å²) in [4.78, 5) is 33.8. The van der Waals surface area contributed by atoms with Crippen LogP contribution in [0.5, 0.6) is 0 Å². The zero-order chi connectivity index (χ0) is 30.5. The van der Waals surface area contributed by atoms with Gasteiger partial charge >= 0.3 is 6.18 Å². The molecule has 42 heavy (non-hydrogen) atoms. The molecule has 1 fully saturated rings. The van der Waals surface area contributed by atoms with E-state index in [1.54, 1.807) is 36.4 Å². The molecule has 2 aliphatic rings. The van der Waals surface area contributed by atoms with Gasteiger partial charge in [-0.3, -0.25) is 9.59 Å². The first-order valence-electron chi connectivity index (χ1n) is 14.2. The van der Waals surface area contributed by atoms with Crippen molar-refractivity contribution in [2.24, 2.45) is 5.41 Å². The monoisotopic (exact) mass is 586 g/mol. The lowest BCUT2D eigenvalue weighted by Crippen LogP contribution is -2.38. The lowest BCUT2D eigenvalue weighted by Gasteiger charge is -2.32. The molecule has 2 amide bonds. The van der Waals surface area contributed by atoms with Gasteiger partial charge in [0.15, 0.2) is 5.69 Å². The molecular formula is C31H37F3N4O4. The molecule has 2 heterocycles. The molecule has 0 unspecified atom stereocenters. The van der Waals surface area contributed by atoms with Crippen molar-refractivity contribution in [1.29, 1.82) is 0 Å². The highest BCUT2D eigenvalue weighted by Gasteiger charge is 2.42. The molecule has 8 nitrogen and oxygen atoms in total. The van der Waals surface area contributed by atoms with Crippen LogP contribution in [0, 0.1) is 5.41 Å². The number of carbonyl (C=O) groups is 2. The van der Waals surface area contributed by atoms with Gasteiger partial charge in [0, 0.05) is 55.0 Å². The minimum atomic E-state index is -4.89. The third-order valence-corrected chi connectivity index (χ3v) is 8.14. The zero-order valence-corrected chi connectivity index (χ0v) is 24.0. The fourth-order valence-electron chi connectivity index (χ4n) is 5.34. The van der Waals surface area contributed by atoms with Crippen LogP contribution in [0.3, 0.4) is 0 Å². The first-order chi connectivity index (χ1) is 20.0. The van der Waals surface area contributed by atoms with Crippen molar-refractivity contribution < 1.29 is 32.3 Å². The van der Waals surface area contributed by atoms with Gasteiger partial charge < -0.3 is 24.6 Å². The van der Waals surface area contributed by atoms with E-state index in [2.05, 4.69) is 21.8 Å². The smallest absolute Gasteiger partial charge is 0.452 e. The van der Waals surface area contributed by atoms with E-state index < -0.39 is 29.0 Å². The molecule has 0 saturated carbocycles. The molecule has 2 N–H and O–H groups in total. The van der Waals surface area contributed by atoms with E-state index in [1.165, 1.54) is 0 Å². The van der Waals surface area contributed by atoms with Crippen LogP contribution in [-0.2, 0) is 11.0 Å². The normalized spacial score (nSPS) is 16.2. The summed E-state index contributed by atoms with van der Waals surface area (Å²) >= 11 is 0. The van der Waals surface area contributed by atoms with Gasteiger partial charge in [-0.25, -0.2) is 4.98 Å². The number of aliphatic hydroxyl groups excluding tert-OH is 1. The SMILES string of the molecule is C=C(O)C(CC)(CC)CC(=O)N1CCCN(c2ccc(NC(=O)c3nc(C4=CCCC=C4)oc3C(F)(F)F)cc2)CC1. The van der Waals surface area contributed by atoms with E-state index in [0.29, 0.717) is 56.7 Å². The van der Waals surface area contributed by atoms with Gasteiger partial charge in [0.2, 0.25) is 17.6 Å². The number of benzene rings is 1. The number of nitrogens with one attached hydrogen (secondary N) is 1. The summed E-state index contributed by atoms with van der Waals surface area (Å²) in [6.45, 7) is 9.99. The number of nitrogens with zero attached hydrogens (tertiary/aromatic N) is 3. The molecule has 0 bridgehead atoms. The average molecular weight is 587 g/mol. The van der Waals surface area contributed by atoms with Crippen LogP contribution in [0.1, 0.15) is 74.5 Å². The predicted molar refractivity (Wildman–Crippen MR) is 155 cm³/mol. The summed E-state index contributed by atoms with van der Waals surface area (Å²) in [5.74, 6) is -2.67. The van der Waals surface area contributed by atoms with Gasteiger partial charge in [0.25, 0.3) is 5.91 Å². The van der Waals surface area contributed by atoms with Crippen molar-refractivity contribution >= 4 is 28.8 Å². The highest BCUT2D eigenvalue weighted by Crippen LogP contribution is 2.38. The predicted octanol–water partition coefficient (Wildman–Crippen LogP) is 6.99. The van der Waals surface area contributed by atoms with Crippen LogP contribution in [-0.4, -0.2) is 53.0 Å². The van der Waals surface area contributed by atoms with Gasteiger partial charge in [-0.05, 0) is 56.4 Å². The van der Waals surface area contributed by atoms with E-state index >= 15 is 0 Å². The summed E-state index contributed by atoms with van der Waals surface area (Å²) < 4.78 is 46.0. The van der Waals surface area contributed by atoms with Gasteiger partial charge in [-0.15, -0.1) is 0 Å². The maximum atomic E-state index is 13.7. The maximum absolute atomic E-state index is 13.7. The van der Waals surface area contributed by atoms with Gasteiger partial charge in [-0.2, -0.15) is 13.2 Å². The van der Waals surface area contributed by atoms with Crippen molar-refractivity contribution in [2.75, 3.05) is 36.4 Å². The quantitative estimate of drug-likeness (QED) is 0.308. The number of hydrogen-bond acceptors (Lipinski definition) is 6. The summed E-state index contributed by atoms with van der Waals surface area (Å²) in [5.41, 5.74) is 0.130. The Morgan fingerprint density at radius 2 is 1.79 bits per heavy atom. The summed E-state index contributed by atoms with van der Waals surface area (Å²) in [6, 6.07) is 6.79. The number of amides is 2. The van der Waals surface area contributed by atoms with Crippen LogP contribution in [0.4, 0.5) is 24.5 Å². The molecule has 2 aromatic rings. The Labute approximate surface area is 243 Å². The first kappa shape index (κ1) is 30.9. The van der Waals surface area contributed by atoms with E-state index in [9.17, 15) is 27.9 Å². The van der Waals surface area contributed by atoms with E-state index in [1.807, 2.05) is 24.8 Å². The Morgan fingerprint density at radius 3 is 2.38 bits per heavy atom. The molecule has 1 aliphatic carbocycles. The Morgan fingerprint density at radius 1 is 1.07 bits per heavy atom. The largest absolute Gasteiger partial charge is 0.512 e. The molecule has 0 spiro atoms. The number of allylic oxidation sites excluding steroid dienone is 5. The van der Waals surface area contributed by atoms with E-state index in [0.717, 1.165) is 18.5 Å². The van der Waals surface area contributed by atoms with Crippen LogP contribution < -0.4 is 10.2 Å². The minimum absolute atomic E-state index is 0.0150. The third-order valence-electron chi connectivity index (χ3n) is 8.14. The van der Waals surface area contributed by atoms with Gasteiger partial charge in [0.05, 0.1) is 5.76 Å². The molecule has 1 aromatic heterocycles. The fourth-order valence-corrected chi connectivity index (χ4v) is 5.34. The van der Waals surface area contributed by atoms with Crippen LogP contribution in [0.2, 0.25) is 0 Å². The lowest BCUT2D eigenvalue weighted by molar-refractivity contribution is -0.153. The fraction of sp³-hybridized carbons (Fsp3) is 0.452. The second kappa shape index (κ2) is 12.9. The molecule has 4 rings (SSSR count). The number of halogens is 3. The van der Waals surface area contributed by atoms with Crippen LogP contribution >= 0.6 is 0 Å². The highest BCUT2D eigenvalue weighted by atomic mass is 19.4. The average Bonchev–Trinajstić information content (AvgIpc) is 3.30. The number of oxazole rings is 1. The topological polar surface area (TPSA) is 98.9 Å². The molecule has 226 valence electrons. The van der Waals surface area contributed by atoms with Crippen molar-refractivity contribution in [3.63, 3.8) is 0 Å². The van der Waals surface area contributed by atoms with Gasteiger partial charge in [0.1, 0.15) is 0 Å². The molecule has 11 heteroatoms. The molecule has 0 atom stereocenters. The zero-order valence-electron chi connectivity index (χ0n) is 24.0. The maximum Gasteiger partial charge on any atom is 0.452 e. The highest BCUT2D eigenvalue weighted by molar-refractivity contribution is 6.04. The molecule has 0 radical (unpaired) electrons. The van der Waals surface area contributed by atoms with Crippen molar-refractivity contribution in [3.05, 3.63) is 72.2 Å². The Bertz CT molecular complexity index is 1360. The Hall–Kier alpha value is -4.02. The van der Waals surface area contributed by atoms with E-state index in [4.69, 9.17) is 4.42 Å². The van der Waals surface area contributed by atoms with Crippen LogP contribution in [0.25, 0.3) is 5.57 Å². The molecule has 1 aromatic carbocycles. The van der Waals surface area contributed by atoms with E-state index in [-0.39, 0.29) is 24.0 Å². The Balaban J connectivity index is 1.41. The van der Waals surface area contributed by atoms with Crippen molar-refractivity contribution in [1.82, 2.24) is 9.88 Å². The summed E-state index contributed by atoms with van der Waals surface area (Å²) in [7, 11) is 0. The standard InChI is InChI=1S/C31H37F3N4O4/c1-4-30(5-2,21(3)39)20-25(40)38-17-9-16-37(18-19-38)24-14-12-23(13-15-24)35-28(41)26-27(31(32,33)34)42-29(36-26)22-10-7-6-8-11-22/h7,10-15,39H,3-6,8-9,16-20H2,1-2H3,(H,35,41). The third kappa shape index (κ3) is 6.88. The first-order valence-corrected chi connectivity index (χ1v) is 14.2. The molecule has 1 saturated heterocycles. The van der Waals surface area contributed by atoms with Gasteiger partial charge in [-0.1, -0.05) is 38.7 Å². The second-order valence-electron chi connectivity index (χ2n) is 10.7. The number of alkyl halides is 3. The minimum Gasteiger partial charge on any atom is -0.512 e. The summed E-state index contributed by atoms with van der Waals surface area (Å²) in [5, 5.41) is 12.6. The number of rotatable bonds is 9. The second-order valence-corrected chi connectivity index (χ2v) is 10.7. The number of anilines is 2. The Kier molecular flexibility index (Phi) is 9.48. The summed E-state index contributed by atoms with van der Waals surface area (Å²) in [6.07, 6.45) is 3.90. The molecule has 1 aliphatic heterocycles.